The quantitative estimate of drug-likeness (QED) is 0.395. The molecule has 0 aliphatic heterocycles. The molecule has 5 nitrogen and oxygen atoms in total. The number of oxazole rings is 1. The van der Waals surface area contributed by atoms with Crippen molar-refractivity contribution in [2.24, 2.45) is 0 Å². The normalized spacial score (nSPS) is 11.4. The zero-order valence-electron chi connectivity index (χ0n) is 15.5. The highest BCUT2D eigenvalue weighted by molar-refractivity contribution is 7.91. The number of hydrogen-bond donors (Lipinski definition) is 1. The van der Waals surface area contributed by atoms with Crippen molar-refractivity contribution < 1.29 is 17.2 Å². The Morgan fingerprint density at radius 2 is 1.60 bits per heavy atom. The number of anilines is 1. The second kappa shape index (κ2) is 8.30. The lowest BCUT2D eigenvalue weighted by molar-refractivity contribution is 0.576. The molecule has 0 aliphatic rings. The smallest absolute Gasteiger partial charge is 0.234 e. The van der Waals surface area contributed by atoms with Gasteiger partial charge >= 0.3 is 0 Å². The van der Waals surface area contributed by atoms with Crippen LogP contribution in [-0.4, -0.2) is 13.4 Å². The molecule has 4 rings (SSSR count). The van der Waals surface area contributed by atoms with Crippen molar-refractivity contribution in [3.05, 3.63) is 95.3 Å². The number of aromatic nitrogens is 1. The summed E-state index contributed by atoms with van der Waals surface area (Å²) in [6.45, 7) is 0.231. The molecule has 0 saturated carbocycles. The van der Waals surface area contributed by atoms with Crippen LogP contribution in [0.2, 0.25) is 5.02 Å². The Hall–Kier alpha value is -3.16. The molecule has 0 saturated heterocycles. The van der Waals surface area contributed by atoms with Crippen molar-refractivity contribution >= 4 is 27.3 Å². The average Bonchev–Trinajstić information content (AvgIpc) is 3.19. The average molecular weight is 443 g/mol. The first-order valence-corrected chi connectivity index (χ1v) is 10.9. The van der Waals surface area contributed by atoms with Crippen LogP contribution in [0.3, 0.4) is 0 Å². The van der Waals surface area contributed by atoms with Gasteiger partial charge in [0.2, 0.25) is 26.6 Å². The summed E-state index contributed by atoms with van der Waals surface area (Å²) in [5, 5.41) is 3.24. The minimum absolute atomic E-state index is 0.0157. The van der Waals surface area contributed by atoms with Gasteiger partial charge in [-0.1, -0.05) is 48.0 Å². The fourth-order valence-corrected chi connectivity index (χ4v) is 4.33. The van der Waals surface area contributed by atoms with Crippen LogP contribution in [0.5, 0.6) is 0 Å². The van der Waals surface area contributed by atoms with Gasteiger partial charge in [-0.05, 0) is 48.0 Å². The van der Waals surface area contributed by atoms with Crippen LogP contribution in [0.4, 0.5) is 10.3 Å². The number of nitrogens with zero attached hydrogens (tertiary/aromatic N) is 1. The zero-order valence-corrected chi connectivity index (χ0v) is 17.1. The third-order valence-corrected chi connectivity index (χ3v) is 6.44. The molecule has 152 valence electrons. The Labute approximate surface area is 178 Å². The highest BCUT2D eigenvalue weighted by atomic mass is 35.5. The minimum atomic E-state index is -4.06. The van der Waals surface area contributed by atoms with Crippen LogP contribution in [0.25, 0.3) is 11.5 Å². The van der Waals surface area contributed by atoms with Crippen molar-refractivity contribution in [2.75, 3.05) is 5.32 Å². The largest absolute Gasteiger partial charge is 0.419 e. The van der Waals surface area contributed by atoms with E-state index in [0.29, 0.717) is 10.6 Å². The number of hydrogen-bond acceptors (Lipinski definition) is 5. The van der Waals surface area contributed by atoms with Gasteiger partial charge < -0.3 is 9.73 Å². The molecule has 1 aromatic heterocycles. The van der Waals surface area contributed by atoms with E-state index in [1.807, 2.05) is 18.2 Å². The summed E-state index contributed by atoms with van der Waals surface area (Å²) in [5.74, 6) is -0.396. The van der Waals surface area contributed by atoms with Gasteiger partial charge in [-0.3, -0.25) is 0 Å². The van der Waals surface area contributed by atoms with Gasteiger partial charge in [-0.25, -0.2) is 12.8 Å². The molecule has 30 heavy (non-hydrogen) atoms. The van der Waals surface area contributed by atoms with Gasteiger partial charge in [0, 0.05) is 17.1 Å². The highest BCUT2D eigenvalue weighted by Gasteiger charge is 2.28. The Morgan fingerprint density at radius 1 is 0.933 bits per heavy atom. The second-order valence-corrected chi connectivity index (χ2v) is 8.69. The van der Waals surface area contributed by atoms with Gasteiger partial charge in [-0.2, -0.15) is 4.98 Å². The molecular formula is C22H16ClFN2O3S. The molecule has 4 aromatic rings. The minimum Gasteiger partial charge on any atom is -0.419 e. The summed E-state index contributed by atoms with van der Waals surface area (Å²) in [6, 6.07) is 20.7. The summed E-state index contributed by atoms with van der Waals surface area (Å²) < 4.78 is 45.4. The fraction of sp³-hybridized carbons (Fsp3) is 0.0455. The van der Waals surface area contributed by atoms with Crippen LogP contribution in [0.15, 0.2) is 93.2 Å². The van der Waals surface area contributed by atoms with E-state index in [-0.39, 0.29) is 28.2 Å². The summed E-state index contributed by atoms with van der Waals surface area (Å²) in [5.41, 5.74) is 1.39. The van der Waals surface area contributed by atoms with E-state index in [0.717, 1.165) is 17.7 Å². The van der Waals surface area contributed by atoms with E-state index >= 15 is 0 Å². The number of sulfone groups is 1. The molecule has 0 amide bonds. The van der Waals surface area contributed by atoms with Crippen molar-refractivity contribution in [3.63, 3.8) is 0 Å². The van der Waals surface area contributed by atoms with E-state index < -0.39 is 15.7 Å². The Balaban J connectivity index is 1.76. The van der Waals surface area contributed by atoms with Crippen LogP contribution in [-0.2, 0) is 16.4 Å². The number of nitrogens with one attached hydrogen (secondary N) is 1. The lowest BCUT2D eigenvalue weighted by atomic mass is 10.2. The monoisotopic (exact) mass is 442 g/mol. The number of benzene rings is 3. The summed E-state index contributed by atoms with van der Waals surface area (Å²) >= 11 is 6.19. The highest BCUT2D eigenvalue weighted by Crippen LogP contribution is 2.33. The van der Waals surface area contributed by atoms with E-state index in [1.54, 1.807) is 36.4 Å². The molecule has 0 fully saturated rings. The molecule has 1 heterocycles. The fourth-order valence-electron chi connectivity index (χ4n) is 2.85. The molecule has 0 atom stereocenters. The molecule has 0 spiro atoms. The van der Waals surface area contributed by atoms with Crippen LogP contribution in [0, 0.1) is 5.82 Å². The summed E-state index contributed by atoms with van der Waals surface area (Å²) in [6.07, 6.45) is 0. The third kappa shape index (κ3) is 4.08. The van der Waals surface area contributed by atoms with Gasteiger partial charge in [0.25, 0.3) is 0 Å². The zero-order chi connectivity index (χ0) is 21.1. The molecule has 0 radical (unpaired) electrons. The van der Waals surface area contributed by atoms with Gasteiger partial charge in [0.05, 0.1) is 4.90 Å². The Morgan fingerprint density at radius 3 is 2.30 bits per heavy atom. The van der Waals surface area contributed by atoms with Gasteiger partial charge in [-0.15, -0.1) is 0 Å². The lowest BCUT2D eigenvalue weighted by Gasteiger charge is -2.07. The molecule has 0 aliphatic carbocycles. The van der Waals surface area contributed by atoms with Gasteiger partial charge in [0.1, 0.15) is 5.82 Å². The molecule has 0 bridgehead atoms. The maximum absolute atomic E-state index is 13.3. The van der Waals surface area contributed by atoms with Crippen LogP contribution in [0.1, 0.15) is 5.56 Å². The summed E-state index contributed by atoms with van der Waals surface area (Å²) in [4.78, 5) is 4.16. The lowest BCUT2D eigenvalue weighted by Crippen LogP contribution is -2.07. The SMILES string of the molecule is O=S(=O)(c1ccc(F)cc1)c1nc(-c2ccccc2)oc1NCc1ccccc1Cl. The maximum Gasteiger partial charge on any atom is 0.234 e. The van der Waals surface area contributed by atoms with E-state index in [4.69, 9.17) is 16.0 Å². The van der Waals surface area contributed by atoms with Crippen molar-refractivity contribution in [1.82, 2.24) is 4.98 Å². The number of halogens is 2. The van der Waals surface area contributed by atoms with Crippen molar-refractivity contribution in [1.29, 1.82) is 0 Å². The van der Waals surface area contributed by atoms with Gasteiger partial charge in [0.15, 0.2) is 0 Å². The topological polar surface area (TPSA) is 72.2 Å². The predicted octanol–water partition coefficient (Wildman–Crippen LogP) is 5.58. The maximum atomic E-state index is 13.3. The van der Waals surface area contributed by atoms with Crippen LogP contribution < -0.4 is 5.32 Å². The molecule has 1 N–H and O–H groups in total. The first-order valence-electron chi connectivity index (χ1n) is 8.99. The molecule has 8 heteroatoms. The first-order chi connectivity index (χ1) is 14.4. The van der Waals surface area contributed by atoms with E-state index in [1.165, 1.54) is 12.1 Å². The Bertz CT molecular complexity index is 1270. The van der Waals surface area contributed by atoms with Crippen LogP contribution >= 0.6 is 11.6 Å². The Kier molecular flexibility index (Phi) is 5.57. The molecular weight excluding hydrogens is 427 g/mol. The third-order valence-electron chi connectivity index (χ3n) is 4.39. The van der Waals surface area contributed by atoms with E-state index in [2.05, 4.69) is 10.3 Å². The summed E-state index contributed by atoms with van der Waals surface area (Å²) in [7, 11) is -4.06. The molecule has 3 aromatic carbocycles. The predicted molar refractivity (Wildman–Crippen MR) is 113 cm³/mol. The standard InChI is InChI=1S/C22H16ClFN2O3S/c23-19-9-5-4-8-16(19)14-25-21-22(26-20(29-21)15-6-2-1-3-7-15)30(27,28)18-12-10-17(24)11-13-18/h1-13,25H,14H2. The van der Waals surface area contributed by atoms with Crippen molar-refractivity contribution in [3.8, 4) is 11.5 Å². The van der Waals surface area contributed by atoms with Crippen molar-refractivity contribution in [2.45, 2.75) is 16.5 Å². The van der Waals surface area contributed by atoms with E-state index in [9.17, 15) is 12.8 Å². The first kappa shape index (κ1) is 20.1. The molecule has 0 unspecified atom stereocenters. The number of rotatable bonds is 6. The second-order valence-electron chi connectivity index (χ2n) is 6.42.